The number of carbonyl (C=O) groups is 4. The molecule has 18 atom stereocenters. The number of fused-ring (bicyclic) bond motifs is 1. The van der Waals surface area contributed by atoms with E-state index in [1.165, 1.54) is 0 Å². The van der Waals surface area contributed by atoms with Crippen LogP contribution < -0.4 is 26.6 Å². The number of aromatic amines is 1. The molecule has 25 nitrogen and oxygen atoms in total. The fraction of sp³-hybridized carbons (Fsp3) is 0.529. The molecule has 7 rings (SSSR count). The van der Waals surface area contributed by atoms with Gasteiger partial charge in [0.1, 0.15) is 79.2 Å². The Hall–Kier alpha value is -5.56. The Morgan fingerprint density at radius 2 is 1.24 bits per heavy atom. The highest BCUT2D eigenvalue weighted by molar-refractivity contribution is 5.95. The minimum Gasteiger partial charge on any atom is -0.394 e. The topological polar surface area (TPSA) is 404 Å². The van der Waals surface area contributed by atoms with Crippen molar-refractivity contribution in [3.8, 4) is 0 Å². The molecule has 0 aliphatic carbocycles. The number of H-pyrrole nitrogens is 1. The van der Waals surface area contributed by atoms with Gasteiger partial charge in [-0.25, -0.2) is 0 Å². The van der Waals surface area contributed by atoms with E-state index in [-0.39, 0.29) is 25.8 Å². The number of aliphatic hydroxyl groups excluding tert-OH is 11. The maximum atomic E-state index is 14.4. The highest BCUT2D eigenvalue weighted by atomic mass is 16.7. The summed E-state index contributed by atoms with van der Waals surface area (Å²) in [7, 11) is 0. The fourth-order valence-electron chi connectivity index (χ4n) is 9.41. The number of hydrogen-bond acceptors (Lipinski definition) is 20. The fourth-order valence-corrected chi connectivity index (χ4v) is 9.41. The number of aliphatic hydroxyl groups is 11. The Morgan fingerprint density at radius 1 is 0.632 bits per heavy atom. The number of carbonyl (C=O) groups excluding carboxylic acids is 4. The summed E-state index contributed by atoms with van der Waals surface area (Å²) in [5.74, 6) is -2.87. The zero-order chi connectivity index (χ0) is 54.6. The van der Waals surface area contributed by atoms with Gasteiger partial charge < -0.3 is 107 Å². The largest absolute Gasteiger partial charge is 0.394 e. The summed E-state index contributed by atoms with van der Waals surface area (Å²) >= 11 is 0. The molecule has 25 heteroatoms. The molecule has 3 aliphatic heterocycles. The second kappa shape index (κ2) is 27.2. The van der Waals surface area contributed by atoms with Crippen LogP contribution in [0.25, 0.3) is 10.9 Å². The van der Waals surface area contributed by atoms with Crippen molar-refractivity contribution in [1.29, 1.82) is 0 Å². The molecule has 3 aliphatic rings. The normalized spacial score (nSPS) is 31.7. The minimum atomic E-state index is -2.20. The predicted octanol–water partition coefficient (Wildman–Crippen LogP) is -5.79. The van der Waals surface area contributed by atoms with Crippen LogP contribution in [0.3, 0.4) is 0 Å². The van der Waals surface area contributed by atoms with Gasteiger partial charge in [-0.15, -0.1) is 0 Å². The summed E-state index contributed by atoms with van der Waals surface area (Å²) in [6.45, 7) is -3.80. The van der Waals surface area contributed by atoms with E-state index in [1.54, 1.807) is 30.5 Å². The van der Waals surface area contributed by atoms with Gasteiger partial charge in [-0.2, -0.15) is 0 Å². The molecule has 17 N–H and O–H groups in total. The average molecular weight is 1070 g/mol. The van der Waals surface area contributed by atoms with Gasteiger partial charge in [-0.1, -0.05) is 78.9 Å². The number of nitrogens with one attached hydrogen (secondary N) is 6. The molecular formula is C51H68N6O19. The molecule has 4 heterocycles. The van der Waals surface area contributed by atoms with E-state index in [1.807, 2.05) is 60.7 Å². The first-order valence-electron chi connectivity index (χ1n) is 24.9. The highest BCUT2D eigenvalue weighted by Crippen LogP contribution is 2.31. The first-order chi connectivity index (χ1) is 36.5. The molecule has 416 valence electrons. The molecule has 3 saturated heterocycles. The van der Waals surface area contributed by atoms with Crippen LogP contribution in [-0.2, 0) is 57.4 Å². The van der Waals surface area contributed by atoms with Crippen molar-refractivity contribution >= 4 is 34.5 Å². The van der Waals surface area contributed by atoms with Crippen molar-refractivity contribution in [2.45, 2.75) is 136 Å². The molecule has 0 unspecified atom stereocenters. The van der Waals surface area contributed by atoms with Gasteiger partial charge in [0.05, 0.1) is 44.4 Å². The van der Waals surface area contributed by atoms with E-state index in [4.69, 9.17) is 18.9 Å². The van der Waals surface area contributed by atoms with Gasteiger partial charge >= 0.3 is 0 Å². The predicted molar refractivity (Wildman–Crippen MR) is 264 cm³/mol. The molecule has 0 saturated carbocycles. The van der Waals surface area contributed by atoms with Gasteiger partial charge in [0.15, 0.2) is 12.6 Å². The number of aromatic nitrogens is 1. The van der Waals surface area contributed by atoms with E-state index in [0.29, 0.717) is 5.56 Å². The van der Waals surface area contributed by atoms with Crippen LogP contribution in [-0.4, -0.2) is 228 Å². The summed E-state index contributed by atoms with van der Waals surface area (Å²) in [6.07, 6.45) is -25.5. The monoisotopic (exact) mass is 1070 g/mol. The van der Waals surface area contributed by atoms with E-state index < -0.39 is 166 Å². The van der Waals surface area contributed by atoms with Crippen LogP contribution in [0.15, 0.2) is 91.1 Å². The zero-order valence-corrected chi connectivity index (χ0v) is 41.1. The minimum absolute atomic E-state index is 0.0525. The van der Waals surface area contributed by atoms with E-state index in [2.05, 4.69) is 31.6 Å². The van der Waals surface area contributed by atoms with Gasteiger partial charge in [0.2, 0.25) is 23.6 Å². The maximum absolute atomic E-state index is 14.4. The standard InChI is InChI=1S/C51H68N6O19/c58-22-35(62)45(75-51-44(69)42(67)46(37(24-60)74-51)76-50-43(68)41(66)40(65)36(23-59)73-50)39(64)34(61)21-53-31-18-38(63)56-33(17-27-19-52-30-14-8-7-13-29(27)30)49(72)57-32(16-26-11-5-2-6-12-26)48(71)55-28(20-54-47(31)70)15-25-9-3-1-4-10-25/h1-14,19,28,31-37,39-46,50-53,58-62,64-69H,15-18,20-24H2,(H,54,70)(H,55,71)(H,56,63)(H,57,72)/t28-,31-,32+,33+,34+,35-,36+,37-,39+,40+,41-,42-,43+,44-,45+,46-,50+,51-/m1/s1. The van der Waals surface area contributed by atoms with Crippen LogP contribution in [0.2, 0.25) is 0 Å². The Bertz CT molecular complexity index is 2490. The molecule has 0 spiro atoms. The Balaban J connectivity index is 1.09. The molecular weight excluding hydrogens is 1000 g/mol. The van der Waals surface area contributed by atoms with Crippen molar-refractivity contribution in [2.24, 2.45) is 0 Å². The third-order valence-electron chi connectivity index (χ3n) is 13.7. The molecule has 0 radical (unpaired) electrons. The lowest BCUT2D eigenvalue weighted by Gasteiger charge is -2.46. The lowest BCUT2D eigenvalue weighted by atomic mass is 9.96. The molecule has 0 bridgehead atoms. The first-order valence-corrected chi connectivity index (χ1v) is 24.9. The maximum Gasteiger partial charge on any atom is 0.243 e. The highest BCUT2D eigenvalue weighted by Gasteiger charge is 2.52. The number of benzene rings is 3. The van der Waals surface area contributed by atoms with Crippen LogP contribution >= 0.6 is 0 Å². The van der Waals surface area contributed by atoms with Crippen LogP contribution in [0, 0.1) is 0 Å². The van der Waals surface area contributed by atoms with Gasteiger partial charge in [0.25, 0.3) is 0 Å². The SMILES string of the molecule is O=C1C[C@@H](NC[C@H](O)[C@H](O)[C@@H](O[C@H]2O[C@H](CO)[C@@H](O[C@@H]3O[C@@H](CO)[C@H](O)[C@@H](O)[C@@H]3O)[C@H](O)[C@H]2O)[C@H](O)CO)C(=O)NC[C@@H](Cc2ccccc2)NC(=O)[C@H](Cc2ccccc2)NC(=O)[C@H](Cc2c[nH]c3ccccc23)N1. The number of para-hydroxylation sites is 1. The summed E-state index contributed by atoms with van der Waals surface area (Å²) in [5.41, 5.74) is 2.96. The van der Waals surface area contributed by atoms with Crippen molar-refractivity contribution in [1.82, 2.24) is 31.6 Å². The number of ether oxygens (including phenoxy) is 4. The third kappa shape index (κ3) is 14.5. The van der Waals surface area contributed by atoms with Crippen molar-refractivity contribution < 1.29 is 94.3 Å². The van der Waals surface area contributed by atoms with Crippen LogP contribution in [0.5, 0.6) is 0 Å². The van der Waals surface area contributed by atoms with Gasteiger partial charge in [-0.05, 0) is 29.2 Å². The molecule has 4 amide bonds. The summed E-state index contributed by atoms with van der Waals surface area (Å²) < 4.78 is 22.2. The van der Waals surface area contributed by atoms with E-state index in [9.17, 15) is 75.3 Å². The third-order valence-corrected chi connectivity index (χ3v) is 13.7. The van der Waals surface area contributed by atoms with Gasteiger partial charge in [-0.3, -0.25) is 19.2 Å². The Labute approximate surface area is 435 Å². The lowest BCUT2D eigenvalue weighted by Crippen LogP contribution is -2.65. The van der Waals surface area contributed by atoms with Crippen molar-refractivity contribution in [3.05, 3.63) is 108 Å². The summed E-state index contributed by atoms with van der Waals surface area (Å²) in [6, 6.07) is 20.7. The number of amides is 4. The van der Waals surface area contributed by atoms with Crippen molar-refractivity contribution in [3.63, 3.8) is 0 Å². The molecule has 3 fully saturated rings. The molecule has 4 aromatic rings. The first kappa shape index (κ1) is 58.1. The smallest absolute Gasteiger partial charge is 0.243 e. The number of rotatable bonds is 19. The molecule has 76 heavy (non-hydrogen) atoms. The lowest BCUT2D eigenvalue weighted by molar-refractivity contribution is -0.367. The summed E-state index contributed by atoms with van der Waals surface area (Å²) in [4.78, 5) is 60.2. The Kier molecular flexibility index (Phi) is 20.8. The number of hydrogen-bond donors (Lipinski definition) is 17. The van der Waals surface area contributed by atoms with Crippen LogP contribution in [0.1, 0.15) is 23.1 Å². The summed E-state index contributed by atoms with van der Waals surface area (Å²) in [5, 5.41) is 132. The van der Waals surface area contributed by atoms with Crippen molar-refractivity contribution in [2.75, 3.05) is 32.9 Å². The van der Waals surface area contributed by atoms with E-state index in [0.717, 1.165) is 22.0 Å². The second-order valence-corrected chi connectivity index (χ2v) is 19.2. The average Bonchev–Trinajstić information content (AvgIpc) is 3.84. The van der Waals surface area contributed by atoms with E-state index >= 15 is 0 Å². The molecule has 3 aromatic carbocycles. The molecule has 1 aromatic heterocycles. The second-order valence-electron chi connectivity index (χ2n) is 19.2. The quantitative estimate of drug-likeness (QED) is 0.0416. The van der Waals surface area contributed by atoms with Crippen LogP contribution in [0.4, 0.5) is 0 Å². The Morgan fingerprint density at radius 3 is 1.91 bits per heavy atom. The zero-order valence-electron chi connectivity index (χ0n) is 41.1. The van der Waals surface area contributed by atoms with Gasteiger partial charge in [0, 0.05) is 43.0 Å².